The number of azide groups is 1. The lowest BCUT2D eigenvalue weighted by Gasteiger charge is -2.34. The predicted molar refractivity (Wildman–Crippen MR) is 93.0 cm³/mol. The molecule has 12 heteroatoms. The van der Waals surface area contributed by atoms with Crippen LogP contribution in [-0.2, 0) is 18.9 Å². The Morgan fingerprint density at radius 2 is 1.88 bits per heavy atom. The third-order valence-corrected chi connectivity index (χ3v) is 5.12. The highest BCUT2D eigenvalue weighted by Gasteiger charge is 2.55. The van der Waals surface area contributed by atoms with Crippen LogP contribution >= 0.6 is 34.8 Å². The number of rotatable bonds is 3. The summed E-state index contributed by atoms with van der Waals surface area (Å²) in [7, 11) is 0. The monoisotopic (exact) mass is 428 g/mol. The molecule has 1 N–H and O–H groups in total. The van der Waals surface area contributed by atoms with Crippen LogP contribution in [0, 0.1) is 0 Å². The summed E-state index contributed by atoms with van der Waals surface area (Å²) in [6.07, 6.45) is 0.0417. The number of hydrogen-bond donors (Lipinski definition) is 1. The van der Waals surface area contributed by atoms with Crippen molar-refractivity contribution in [3.63, 3.8) is 0 Å². The zero-order chi connectivity index (χ0) is 18.7. The molecule has 0 bridgehead atoms. The second-order valence-electron chi connectivity index (χ2n) is 6.43. The van der Waals surface area contributed by atoms with Crippen LogP contribution in [0.1, 0.15) is 32.1 Å². The molecular weight excluding hydrogens is 411 g/mol. The summed E-state index contributed by atoms with van der Waals surface area (Å²) in [6, 6.07) is 0.0992. The maximum Gasteiger partial charge on any atom is 0.407 e. The van der Waals surface area contributed by atoms with E-state index in [4.69, 9.17) is 59.3 Å². The summed E-state index contributed by atoms with van der Waals surface area (Å²) < 4.78 is 20.2. The topological polar surface area (TPSA) is 115 Å². The van der Waals surface area contributed by atoms with Gasteiger partial charge in [0.2, 0.25) is 10.1 Å². The van der Waals surface area contributed by atoms with Gasteiger partial charge in [-0.15, -0.1) is 0 Å². The normalized spacial score (nSPS) is 35.3. The third kappa shape index (κ3) is 4.78. The van der Waals surface area contributed by atoms with Crippen molar-refractivity contribution in [3.05, 3.63) is 10.4 Å². The minimum Gasteiger partial charge on any atom is -0.441 e. The van der Waals surface area contributed by atoms with Crippen molar-refractivity contribution in [1.29, 1.82) is 0 Å². The van der Waals surface area contributed by atoms with Gasteiger partial charge in [-0.25, -0.2) is 4.79 Å². The van der Waals surface area contributed by atoms with Gasteiger partial charge in [0, 0.05) is 11.0 Å². The Bertz CT molecular complexity index is 565. The lowest BCUT2D eigenvalue weighted by Crippen LogP contribution is -2.53. The molecule has 3 aliphatic rings. The molecule has 1 saturated carbocycles. The first-order valence-electron chi connectivity index (χ1n) is 8.39. The highest BCUT2D eigenvalue weighted by atomic mass is 35.6. The Morgan fingerprint density at radius 3 is 2.54 bits per heavy atom. The van der Waals surface area contributed by atoms with Crippen LogP contribution in [0.25, 0.3) is 10.4 Å². The predicted octanol–water partition coefficient (Wildman–Crippen LogP) is 3.56. The van der Waals surface area contributed by atoms with Gasteiger partial charge in [-0.1, -0.05) is 59.2 Å². The quantitative estimate of drug-likeness (QED) is 0.319. The van der Waals surface area contributed by atoms with Crippen LogP contribution < -0.4 is 5.32 Å². The number of ether oxygens (including phenoxy) is 4. The molecule has 2 aliphatic heterocycles. The van der Waals surface area contributed by atoms with Gasteiger partial charge in [-0.2, -0.15) is 0 Å². The van der Waals surface area contributed by atoms with E-state index in [-0.39, 0.29) is 12.6 Å². The second-order valence-corrected chi connectivity index (χ2v) is 8.80. The maximum absolute atomic E-state index is 12.2. The number of alkyl halides is 3. The van der Waals surface area contributed by atoms with E-state index in [1.807, 2.05) is 0 Å². The number of fused-ring (bicyclic) bond motifs is 1. The molecule has 0 radical (unpaired) electrons. The standard InChI is InChI=1S/C14H19Cl3N4O5/c15-14(16,17)12-25-9-8(6-23-11(20-21-18)10(9)26-12)24-13(22)19-7-4-2-1-3-5-7/h7-12H,1-6H2,(H,19,22)/t8-,9+,10+,11+,12?/m1/s1. The summed E-state index contributed by atoms with van der Waals surface area (Å²) in [5, 5.41) is 6.37. The van der Waals surface area contributed by atoms with E-state index in [1.165, 1.54) is 6.42 Å². The van der Waals surface area contributed by atoms with Gasteiger partial charge in [0.15, 0.2) is 12.3 Å². The van der Waals surface area contributed by atoms with Crippen molar-refractivity contribution < 1.29 is 23.7 Å². The summed E-state index contributed by atoms with van der Waals surface area (Å²) >= 11 is 17.5. The Kier molecular flexibility index (Phi) is 6.61. The minimum absolute atomic E-state index is 0.0289. The number of nitrogens with one attached hydrogen (secondary N) is 1. The molecular formula is C14H19Cl3N4O5. The first-order valence-corrected chi connectivity index (χ1v) is 9.52. The molecule has 2 saturated heterocycles. The van der Waals surface area contributed by atoms with Gasteiger partial charge in [-0.05, 0) is 18.4 Å². The molecule has 1 amide bonds. The van der Waals surface area contributed by atoms with Gasteiger partial charge in [0.05, 0.1) is 6.61 Å². The Balaban J connectivity index is 1.64. The van der Waals surface area contributed by atoms with Gasteiger partial charge in [0.25, 0.3) is 0 Å². The summed E-state index contributed by atoms with van der Waals surface area (Å²) in [5.41, 5.74) is 8.67. The zero-order valence-electron chi connectivity index (χ0n) is 13.7. The first kappa shape index (κ1) is 20.1. The van der Waals surface area contributed by atoms with Crippen LogP contribution in [0.2, 0.25) is 0 Å². The van der Waals surface area contributed by atoms with Crippen LogP contribution in [0.4, 0.5) is 4.79 Å². The van der Waals surface area contributed by atoms with Crippen molar-refractivity contribution in [2.45, 2.75) is 72.8 Å². The molecule has 1 aliphatic carbocycles. The van der Waals surface area contributed by atoms with Crippen molar-refractivity contribution in [1.82, 2.24) is 5.32 Å². The molecule has 0 aromatic carbocycles. The number of halogens is 3. The Hall–Kier alpha value is -0.670. The van der Waals surface area contributed by atoms with Crippen LogP contribution in [0.15, 0.2) is 5.11 Å². The summed E-state index contributed by atoms with van der Waals surface area (Å²) in [4.78, 5) is 14.9. The number of carbonyl (C=O) groups excluding carboxylic acids is 1. The first-order chi connectivity index (χ1) is 12.4. The van der Waals surface area contributed by atoms with Gasteiger partial charge >= 0.3 is 6.09 Å². The van der Waals surface area contributed by atoms with Gasteiger partial charge < -0.3 is 24.3 Å². The van der Waals surface area contributed by atoms with E-state index < -0.39 is 40.7 Å². The molecule has 1 unspecified atom stereocenters. The van der Waals surface area contributed by atoms with E-state index in [0.29, 0.717) is 0 Å². The van der Waals surface area contributed by atoms with E-state index >= 15 is 0 Å². The Labute approximate surface area is 165 Å². The summed E-state index contributed by atoms with van der Waals surface area (Å²) in [5.74, 6) is 0. The smallest absolute Gasteiger partial charge is 0.407 e. The number of carbonyl (C=O) groups is 1. The maximum atomic E-state index is 12.2. The van der Waals surface area contributed by atoms with E-state index in [2.05, 4.69) is 15.3 Å². The molecule has 2 heterocycles. The van der Waals surface area contributed by atoms with Crippen LogP contribution in [0.5, 0.6) is 0 Å². The lowest BCUT2D eigenvalue weighted by atomic mass is 9.96. The fraction of sp³-hybridized carbons (Fsp3) is 0.929. The summed E-state index contributed by atoms with van der Waals surface area (Å²) in [6.45, 7) is -0.0289. The highest BCUT2D eigenvalue weighted by molar-refractivity contribution is 6.67. The van der Waals surface area contributed by atoms with E-state index in [1.54, 1.807) is 0 Å². The fourth-order valence-corrected chi connectivity index (χ4v) is 3.68. The molecule has 9 nitrogen and oxygen atoms in total. The number of nitrogens with zero attached hydrogens (tertiary/aromatic N) is 3. The molecule has 26 heavy (non-hydrogen) atoms. The average molecular weight is 430 g/mol. The highest BCUT2D eigenvalue weighted by Crippen LogP contribution is 2.42. The largest absolute Gasteiger partial charge is 0.441 e. The number of alkyl carbamates (subject to hydrolysis) is 1. The van der Waals surface area contributed by atoms with Crippen molar-refractivity contribution in [2.24, 2.45) is 5.11 Å². The molecule has 3 fully saturated rings. The minimum atomic E-state index is -1.85. The van der Waals surface area contributed by atoms with E-state index in [0.717, 1.165) is 25.7 Å². The molecule has 5 atom stereocenters. The van der Waals surface area contributed by atoms with Gasteiger partial charge in [0.1, 0.15) is 12.2 Å². The lowest BCUT2D eigenvalue weighted by molar-refractivity contribution is -0.141. The molecule has 0 aromatic rings. The van der Waals surface area contributed by atoms with Crippen LogP contribution in [0.3, 0.4) is 0 Å². The van der Waals surface area contributed by atoms with Crippen molar-refractivity contribution in [3.8, 4) is 0 Å². The molecule has 146 valence electrons. The van der Waals surface area contributed by atoms with Gasteiger partial charge in [-0.3, -0.25) is 0 Å². The molecule has 0 aromatic heterocycles. The number of hydrogen-bond acceptors (Lipinski definition) is 6. The number of amides is 1. The fourth-order valence-electron chi connectivity index (χ4n) is 3.37. The zero-order valence-corrected chi connectivity index (χ0v) is 16.0. The third-order valence-electron chi connectivity index (χ3n) is 4.58. The average Bonchev–Trinajstić information content (AvgIpc) is 3.04. The SMILES string of the molecule is [N-]=[N+]=N[C@H]1OC[C@@H](OC(=O)NC2CCCCC2)[C@@H]2OC(C(Cl)(Cl)Cl)O[C@@H]21. The molecule has 3 rings (SSSR count). The molecule has 0 spiro atoms. The Morgan fingerprint density at radius 1 is 1.19 bits per heavy atom. The van der Waals surface area contributed by atoms with Crippen molar-refractivity contribution in [2.75, 3.05) is 6.61 Å². The second kappa shape index (κ2) is 8.56. The van der Waals surface area contributed by atoms with Crippen LogP contribution in [-0.4, -0.2) is 53.4 Å². The van der Waals surface area contributed by atoms with E-state index in [9.17, 15) is 4.79 Å². The van der Waals surface area contributed by atoms with Crippen molar-refractivity contribution >= 4 is 40.9 Å².